The average Bonchev–Trinajstić information content (AvgIpc) is 3.26. The highest BCUT2D eigenvalue weighted by molar-refractivity contribution is 6.02. The normalized spacial score (nSPS) is 16.2. The number of amides is 1. The number of carbonyl (C=O) groups is 3. The number of aryl methyl sites for hydroxylation is 1. The summed E-state index contributed by atoms with van der Waals surface area (Å²) in [4.78, 5) is 39.7. The molecule has 2 atom stereocenters. The van der Waals surface area contributed by atoms with Gasteiger partial charge in [-0.05, 0) is 49.7 Å². The number of benzene rings is 3. The zero-order chi connectivity index (χ0) is 24.1. The van der Waals surface area contributed by atoms with E-state index < -0.39 is 18.0 Å². The van der Waals surface area contributed by atoms with E-state index in [2.05, 4.69) is 0 Å². The van der Waals surface area contributed by atoms with Gasteiger partial charge in [0.1, 0.15) is 11.5 Å². The Balaban J connectivity index is 1.37. The minimum Gasteiger partial charge on any atom is -0.457 e. The third-order valence-corrected chi connectivity index (χ3v) is 5.84. The number of anilines is 1. The Bertz CT molecular complexity index is 1160. The largest absolute Gasteiger partial charge is 0.457 e. The summed E-state index contributed by atoms with van der Waals surface area (Å²) in [5.74, 6) is -0.146. The second-order valence-corrected chi connectivity index (χ2v) is 8.38. The van der Waals surface area contributed by atoms with Gasteiger partial charge in [-0.25, -0.2) is 0 Å². The number of rotatable bonds is 8. The molecule has 0 aliphatic carbocycles. The first-order valence-corrected chi connectivity index (χ1v) is 11.4. The number of hydrogen-bond donors (Lipinski definition) is 0. The van der Waals surface area contributed by atoms with Gasteiger partial charge >= 0.3 is 5.97 Å². The molecule has 1 heterocycles. The number of hydrogen-bond acceptors (Lipinski definition) is 5. The van der Waals surface area contributed by atoms with Crippen molar-refractivity contribution in [2.75, 3.05) is 11.4 Å². The molecule has 3 aromatic rings. The quantitative estimate of drug-likeness (QED) is 0.337. The Morgan fingerprint density at radius 2 is 1.56 bits per heavy atom. The molecule has 6 heteroatoms. The highest BCUT2D eigenvalue weighted by Gasteiger charge is 2.37. The second kappa shape index (κ2) is 10.3. The fourth-order valence-corrected chi connectivity index (χ4v) is 3.90. The summed E-state index contributed by atoms with van der Waals surface area (Å²) < 4.78 is 11.4. The zero-order valence-corrected chi connectivity index (χ0v) is 19.3. The maximum atomic E-state index is 12.8. The monoisotopic (exact) mass is 457 g/mol. The van der Waals surface area contributed by atoms with Crippen LogP contribution >= 0.6 is 0 Å². The maximum Gasteiger partial charge on any atom is 0.312 e. The molecule has 1 aliphatic rings. The minimum absolute atomic E-state index is 0.0520. The van der Waals surface area contributed by atoms with Crippen LogP contribution in [0, 0.1) is 12.8 Å². The van der Waals surface area contributed by atoms with Crippen molar-refractivity contribution in [1.82, 2.24) is 0 Å². The van der Waals surface area contributed by atoms with Gasteiger partial charge < -0.3 is 14.4 Å². The zero-order valence-electron chi connectivity index (χ0n) is 19.3. The number of carbonyl (C=O) groups excluding carboxylic acids is 3. The summed E-state index contributed by atoms with van der Waals surface area (Å²) in [6, 6.07) is 23.7. The lowest BCUT2D eigenvalue weighted by molar-refractivity contribution is -0.151. The lowest BCUT2D eigenvalue weighted by Gasteiger charge is -2.19. The van der Waals surface area contributed by atoms with Crippen LogP contribution in [-0.4, -0.2) is 30.3 Å². The van der Waals surface area contributed by atoms with Crippen molar-refractivity contribution in [2.45, 2.75) is 32.8 Å². The Morgan fingerprint density at radius 1 is 0.941 bits per heavy atom. The van der Waals surface area contributed by atoms with E-state index in [1.807, 2.05) is 37.3 Å². The van der Waals surface area contributed by atoms with Crippen molar-refractivity contribution < 1.29 is 23.9 Å². The standard InChI is InChI=1S/C28H27NO5/c1-3-25(27(31)20-7-5-4-6-8-20)34-28(32)21-17-26(30)29(18-21)22-11-15-24(16-12-22)33-23-13-9-19(2)10-14-23/h4-16,21,25H,3,17-18H2,1-2H3/t21-,25-/m0/s1. The number of ether oxygens (including phenoxy) is 2. The third-order valence-electron chi connectivity index (χ3n) is 5.84. The van der Waals surface area contributed by atoms with Gasteiger partial charge in [-0.3, -0.25) is 14.4 Å². The van der Waals surface area contributed by atoms with Gasteiger partial charge in [0, 0.05) is 24.2 Å². The van der Waals surface area contributed by atoms with E-state index in [4.69, 9.17) is 9.47 Å². The first-order valence-electron chi connectivity index (χ1n) is 11.4. The molecule has 0 N–H and O–H groups in total. The van der Waals surface area contributed by atoms with Gasteiger partial charge in [-0.1, -0.05) is 55.0 Å². The summed E-state index contributed by atoms with van der Waals surface area (Å²) in [7, 11) is 0. The SMILES string of the molecule is CC[C@H](OC(=O)[C@H]1CC(=O)N(c2ccc(Oc3ccc(C)cc3)cc2)C1)C(=O)c1ccccc1. The molecule has 0 radical (unpaired) electrons. The molecular formula is C28H27NO5. The van der Waals surface area contributed by atoms with Crippen molar-refractivity contribution in [3.05, 3.63) is 90.0 Å². The molecule has 0 aromatic heterocycles. The lowest BCUT2D eigenvalue weighted by atomic mass is 10.0. The summed E-state index contributed by atoms with van der Waals surface area (Å²) in [5, 5.41) is 0. The molecule has 0 spiro atoms. The van der Waals surface area contributed by atoms with Crippen LogP contribution in [0.5, 0.6) is 11.5 Å². The number of nitrogens with zero attached hydrogens (tertiary/aromatic N) is 1. The molecule has 174 valence electrons. The Morgan fingerprint density at radius 3 is 2.18 bits per heavy atom. The molecule has 3 aromatic carbocycles. The van der Waals surface area contributed by atoms with E-state index in [1.54, 1.807) is 60.4 Å². The molecule has 0 bridgehead atoms. The average molecular weight is 458 g/mol. The predicted molar refractivity (Wildman–Crippen MR) is 129 cm³/mol. The van der Waals surface area contributed by atoms with E-state index in [0.717, 1.165) is 11.3 Å². The van der Waals surface area contributed by atoms with Gasteiger partial charge in [0.15, 0.2) is 6.10 Å². The Hall–Kier alpha value is -3.93. The molecule has 0 saturated carbocycles. The third kappa shape index (κ3) is 5.34. The molecule has 4 rings (SSSR count). The van der Waals surface area contributed by atoms with Crippen molar-refractivity contribution in [2.24, 2.45) is 5.92 Å². The van der Waals surface area contributed by atoms with E-state index in [0.29, 0.717) is 23.4 Å². The smallest absolute Gasteiger partial charge is 0.312 e. The molecule has 34 heavy (non-hydrogen) atoms. The summed E-state index contributed by atoms with van der Waals surface area (Å²) in [5.41, 5.74) is 2.33. The van der Waals surface area contributed by atoms with Crippen molar-refractivity contribution in [3.8, 4) is 11.5 Å². The van der Waals surface area contributed by atoms with Crippen LogP contribution in [0.1, 0.15) is 35.7 Å². The van der Waals surface area contributed by atoms with Crippen LogP contribution in [0.15, 0.2) is 78.9 Å². The molecule has 0 unspecified atom stereocenters. The summed E-state index contributed by atoms with van der Waals surface area (Å²) in [6.07, 6.45) is -0.444. The van der Waals surface area contributed by atoms with Crippen LogP contribution < -0.4 is 9.64 Å². The van der Waals surface area contributed by atoms with Crippen molar-refractivity contribution in [1.29, 1.82) is 0 Å². The molecule has 1 saturated heterocycles. The fraction of sp³-hybridized carbons (Fsp3) is 0.250. The Labute approximate surface area is 199 Å². The van der Waals surface area contributed by atoms with Crippen LogP contribution in [0.25, 0.3) is 0 Å². The van der Waals surface area contributed by atoms with Gasteiger partial charge in [-0.15, -0.1) is 0 Å². The first-order chi connectivity index (χ1) is 16.4. The van der Waals surface area contributed by atoms with E-state index in [-0.39, 0.29) is 24.7 Å². The van der Waals surface area contributed by atoms with Crippen LogP contribution in [0.3, 0.4) is 0 Å². The van der Waals surface area contributed by atoms with E-state index in [9.17, 15) is 14.4 Å². The number of ketones is 1. The van der Waals surface area contributed by atoms with E-state index in [1.165, 1.54) is 0 Å². The second-order valence-electron chi connectivity index (χ2n) is 8.38. The molecule has 1 fully saturated rings. The molecule has 1 amide bonds. The number of Topliss-reactive ketones (excluding diaryl/α,β-unsaturated/α-hetero) is 1. The van der Waals surface area contributed by atoms with Crippen LogP contribution in [0.4, 0.5) is 5.69 Å². The Kier molecular flexibility index (Phi) is 7.07. The van der Waals surface area contributed by atoms with Crippen molar-refractivity contribution in [3.63, 3.8) is 0 Å². The molecule has 1 aliphatic heterocycles. The summed E-state index contributed by atoms with van der Waals surface area (Å²) >= 11 is 0. The number of esters is 1. The van der Waals surface area contributed by atoms with Crippen molar-refractivity contribution >= 4 is 23.3 Å². The fourth-order valence-electron chi connectivity index (χ4n) is 3.90. The topological polar surface area (TPSA) is 72.9 Å². The first kappa shape index (κ1) is 23.2. The maximum absolute atomic E-state index is 12.8. The highest BCUT2D eigenvalue weighted by Crippen LogP contribution is 2.29. The lowest BCUT2D eigenvalue weighted by Crippen LogP contribution is -2.31. The predicted octanol–water partition coefficient (Wildman–Crippen LogP) is 5.34. The summed E-state index contributed by atoms with van der Waals surface area (Å²) in [6.45, 7) is 4.02. The van der Waals surface area contributed by atoms with Gasteiger partial charge in [0.25, 0.3) is 0 Å². The van der Waals surface area contributed by atoms with E-state index >= 15 is 0 Å². The minimum atomic E-state index is -0.864. The molecular weight excluding hydrogens is 430 g/mol. The highest BCUT2D eigenvalue weighted by atomic mass is 16.5. The van der Waals surface area contributed by atoms with Gasteiger partial charge in [0.05, 0.1) is 5.92 Å². The molecule has 6 nitrogen and oxygen atoms in total. The van der Waals surface area contributed by atoms with Crippen LogP contribution in [0.2, 0.25) is 0 Å². The van der Waals surface area contributed by atoms with Gasteiger partial charge in [0.2, 0.25) is 11.7 Å². The van der Waals surface area contributed by atoms with Crippen LogP contribution in [-0.2, 0) is 14.3 Å². The van der Waals surface area contributed by atoms with Gasteiger partial charge in [-0.2, -0.15) is 0 Å².